The summed E-state index contributed by atoms with van der Waals surface area (Å²) in [5.74, 6) is -0.0803. The maximum Gasteiger partial charge on any atom is 0.309 e. The predicted octanol–water partition coefficient (Wildman–Crippen LogP) is 3.51. The van der Waals surface area contributed by atoms with Crippen molar-refractivity contribution >= 4 is 17.7 Å². The molecule has 8 atom stereocenters. The lowest BCUT2D eigenvalue weighted by Crippen LogP contribution is -2.66. The Kier molecular flexibility index (Phi) is 3.40. The zero-order valence-corrected chi connectivity index (χ0v) is 19.2. The molecule has 5 aliphatic carbocycles. The molecule has 0 N–H and O–H groups in total. The summed E-state index contributed by atoms with van der Waals surface area (Å²) in [6.45, 7) is 4.59. The minimum atomic E-state index is -0.427. The van der Waals surface area contributed by atoms with Gasteiger partial charge in [0.25, 0.3) is 0 Å². The van der Waals surface area contributed by atoms with Gasteiger partial charge < -0.3 is 14.2 Å². The van der Waals surface area contributed by atoms with E-state index in [1.54, 1.807) is 0 Å². The first kappa shape index (κ1) is 19.7. The molecule has 172 valence electrons. The fourth-order valence-electron chi connectivity index (χ4n) is 9.88. The minimum absolute atomic E-state index is 0.0351. The van der Waals surface area contributed by atoms with Crippen molar-refractivity contribution in [3.8, 4) is 0 Å². The summed E-state index contributed by atoms with van der Waals surface area (Å²) < 4.78 is 18.3. The fourth-order valence-corrected chi connectivity index (χ4v) is 9.88. The van der Waals surface area contributed by atoms with Crippen molar-refractivity contribution < 1.29 is 28.6 Å². The molecule has 0 aromatic heterocycles. The van der Waals surface area contributed by atoms with Crippen LogP contribution in [-0.2, 0) is 28.6 Å². The van der Waals surface area contributed by atoms with Crippen LogP contribution < -0.4 is 0 Å². The molecular formula is C26H32O6. The van der Waals surface area contributed by atoms with Crippen LogP contribution in [0, 0.1) is 34.0 Å². The topological polar surface area (TPSA) is 82.2 Å². The van der Waals surface area contributed by atoms with Crippen molar-refractivity contribution in [2.45, 2.75) is 88.9 Å². The lowest BCUT2D eigenvalue weighted by molar-refractivity contribution is -0.177. The number of hydrogen-bond donors (Lipinski definition) is 0. The second-order valence-electron chi connectivity index (χ2n) is 12.2. The SMILES string of the molecule is COC(=O)[C@H]1C2C3CC[C@@]4(CCC(=O)O4)[C@@]3(C)C[C@@H]3O[C@@]23[C@@]2(C)CCC(=O)C=C2C12CC2. The number of epoxide rings is 1. The second-order valence-corrected chi connectivity index (χ2v) is 12.2. The van der Waals surface area contributed by atoms with Crippen molar-refractivity contribution in [1.29, 1.82) is 0 Å². The summed E-state index contributed by atoms with van der Waals surface area (Å²) in [5.41, 5.74) is -0.363. The number of hydrogen-bond acceptors (Lipinski definition) is 6. The summed E-state index contributed by atoms with van der Waals surface area (Å²) in [6.07, 6.45) is 9.06. The quantitative estimate of drug-likeness (QED) is 0.458. The molecule has 2 aliphatic heterocycles. The Balaban J connectivity index is 1.43. The number of carbonyl (C=O) groups is 3. The van der Waals surface area contributed by atoms with Crippen LogP contribution in [0.2, 0.25) is 0 Å². The van der Waals surface area contributed by atoms with E-state index >= 15 is 0 Å². The average molecular weight is 441 g/mol. The minimum Gasteiger partial charge on any atom is -0.469 e. The Bertz CT molecular complexity index is 1010. The third-order valence-corrected chi connectivity index (χ3v) is 11.4. The Labute approximate surface area is 188 Å². The standard InChI is InChI=1S/C26H32O6/c1-22-7-4-14(27)12-16(22)24(10-11-24)20(21(29)30-3)19-15-5-8-25(9-6-18(28)32-25)23(15,2)13-17-26(19,22)31-17/h12,15,17,19-20H,4-11,13H2,1-3H3/t15?,17-,19?,20+,22-,23-,25+,26+/m0/s1. The first-order valence-electron chi connectivity index (χ1n) is 12.4. The Morgan fingerprint density at radius 3 is 2.53 bits per heavy atom. The highest BCUT2D eigenvalue weighted by molar-refractivity contribution is 5.93. The van der Waals surface area contributed by atoms with Gasteiger partial charge in [0.05, 0.1) is 19.1 Å². The highest BCUT2D eigenvalue weighted by atomic mass is 16.6. The lowest BCUT2D eigenvalue weighted by Gasteiger charge is -2.61. The van der Waals surface area contributed by atoms with E-state index in [4.69, 9.17) is 14.2 Å². The number of methoxy groups -OCH3 is 1. The fraction of sp³-hybridized carbons (Fsp3) is 0.808. The highest BCUT2D eigenvalue weighted by Gasteiger charge is 2.87. The van der Waals surface area contributed by atoms with Gasteiger partial charge in [-0.25, -0.2) is 0 Å². The van der Waals surface area contributed by atoms with E-state index in [0.717, 1.165) is 44.9 Å². The molecule has 7 aliphatic rings. The van der Waals surface area contributed by atoms with Crippen LogP contribution in [0.3, 0.4) is 0 Å². The first-order valence-corrected chi connectivity index (χ1v) is 12.4. The van der Waals surface area contributed by atoms with Gasteiger partial charge in [-0.3, -0.25) is 14.4 Å². The van der Waals surface area contributed by atoms with Crippen molar-refractivity contribution in [1.82, 2.24) is 0 Å². The van der Waals surface area contributed by atoms with Gasteiger partial charge in [0.1, 0.15) is 11.2 Å². The van der Waals surface area contributed by atoms with Gasteiger partial charge in [0, 0.05) is 35.0 Å². The molecular weight excluding hydrogens is 408 g/mol. The summed E-state index contributed by atoms with van der Waals surface area (Å²) in [6, 6.07) is 0. The van der Waals surface area contributed by atoms with Crippen LogP contribution in [0.1, 0.15) is 71.6 Å². The van der Waals surface area contributed by atoms with Gasteiger partial charge in [-0.05, 0) is 56.9 Å². The van der Waals surface area contributed by atoms with Crippen molar-refractivity contribution in [3.63, 3.8) is 0 Å². The summed E-state index contributed by atoms with van der Waals surface area (Å²) in [5, 5.41) is 0. The largest absolute Gasteiger partial charge is 0.469 e. The second kappa shape index (κ2) is 5.51. The Morgan fingerprint density at radius 2 is 1.88 bits per heavy atom. The number of esters is 2. The molecule has 0 aromatic rings. The molecule has 2 saturated heterocycles. The zero-order chi connectivity index (χ0) is 22.3. The number of fused-ring (bicyclic) bond motifs is 5. The third kappa shape index (κ3) is 1.87. The highest BCUT2D eigenvalue weighted by Crippen LogP contribution is 2.83. The van der Waals surface area contributed by atoms with Crippen LogP contribution in [0.15, 0.2) is 11.6 Å². The molecule has 7 rings (SSSR count). The number of ether oxygens (including phenoxy) is 3. The van der Waals surface area contributed by atoms with E-state index in [9.17, 15) is 14.4 Å². The van der Waals surface area contributed by atoms with Gasteiger partial charge in [0.2, 0.25) is 0 Å². The normalized spacial score (nSPS) is 53.7. The van der Waals surface area contributed by atoms with Crippen molar-refractivity contribution in [3.05, 3.63) is 11.6 Å². The number of carbonyl (C=O) groups excluding carboxylic acids is 3. The van der Waals surface area contributed by atoms with Gasteiger partial charge in [-0.15, -0.1) is 0 Å². The monoisotopic (exact) mass is 440 g/mol. The lowest BCUT2D eigenvalue weighted by atomic mass is 9.40. The Morgan fingerprint density at radius 1 is 1.09 bits per heavy atom. The van der Waals surface area contributed by atoms with Crippen LogP contribution >= 0.6 is 0 Å². The third-order valence-electron chi connectivity index (χ3n) is 11.4. The van der Waals surface area contributed by atoms with Crippen LogP contribution in [0.4, 0.5) is 0 Å². The van der Waals surface area contributed by atoms with Gasteiger partial charge in [-0.2, -0.15) is 0 Å². The molecule has 2 heterocycles. The van der Waals surface area contributed by atoms with E-state index in [0.29, 0.717) is 12.8 Å². The van der Waals surface area contributed by atoms with Crippen LogP contribution in [-0.4, -0.2) is 42.1 Å². The molecule has 6 fully saturated rings. The van der Waals surface area contributed by atoms with Gasteiger partial charge in [-0.1, -0.05) is 19.4 Å². The molecule has 0 aromatic carbocycles. The molecule has 6 nitrogen and oxygen atoms in total. The molecule has 32 heavy (non-hydrogen) atoms. The number of ketones is 1. The molecule has 4 saturated carbocycles. The van der Waals surface area contributed by atoms with E-state index in [-0.39, 0.29) is 57.8 Å². The molecule has 2 unspecified atom stereocenters. The summed E-state index contributed by atoms with van der Waals surface area (Å²) >= 11 is 0. The van der Waals surface area contributed by atoms with E-state index < -0.39 is 11.2 Å². The predicted molar refractivity (Wildman–Crippen MR) is 112 cm³/mol. The van der Waals surface area contributed by atoms with E-state index in [1.165, 1.54) is 12.7 Å². The zero-order valence-electron chi connectivity index (χ0n) is 19.2. The molecule has 6 heteroatoms. The van der Waals surface area contributed by atoms with Crippen LogP contribution in [0.25, 0.3) is 0 Å². The molecule has 0 bridgehead atoms. The molecule has 0 radical (unpaired) electrons. The van der Waals surface area contributed by atoms with Crippen molar-refractivity contribution in [2.24, 2.45) is 34.0 Å². The van der Waals surface area contributed by atoms with E-state index in [1.807, 2.05) is 6.08 Å². The summed E-state index contributed by atoms with van der Waals surface area (Å²) in [7, 11) is 1.49. The smallest absolute Gasteiger partial charge is 0.309 e. The van der Waals surface area contributed by atoms with Gasteiger partial charge in [0.15, 0.2) is 5.78 Å². The molecule has 3 spiro atoms. The Hall–Kier alpha value is -1.69. The first-order chi connectivity index (χ1) is 15.2. The van der Waals surface area contributed by atoms with Gasteiger partial charge >= 0.3 is 11.9 Å². The number of rotatable bonds is 1. The van der Waals surface area contributed by atoms with Crippen molar-refractivity contribution in [2.75, 3.05) is 7.11 Å². The molecule has 0 amide bonds. The van der Waals surface area contributed by atoms with Crippen LogP contribution in [0.5, 0.6) is 0 Å². The summed E-state index contributed by atoms with van der Waals surface area (Å²) in [4.78, 5) is 38.3. The maximum absolute atomic E-state index is 13.5. The van der Waals surface area contributed by atoms with E-state index in [2.05, 4.69) is 13.8 Å². The average Bonchev–Trinajstić information content (AvgIpc) is 3.63. The maximum atomic E-state index is 13.5.